The molecule has 1 nitrogen and oxygen atoms in total. The van der Waals surface area contributed by atoms with Gasteiger partial charge in [0.1, 0.15) is 11.6 Å². The third kappa shape index (κ3) is 12.6. The molecule has 0 spiro atoms. The molecule has 0 saturated heterocycles. The van der Waals surface area contributed by atoms with Crippen LogP contribution in [0.25, 0.3) is 5.76 Å². The van der Waals surface area contributed by atoms with Gasteiger partial charge in [-0.3, -0.25) is 0 Å². The second kappa shape index (κ2) is 15.0. The van der Waals surface area contributed by atoms with E-state index in [0.29, 0.717) is 5.56 Å². The van der Waals surface area contributed by atoms with Crippen LogP contribution >= 0.6 is 0 Å². The van der Waals surface area contributed by atoms with Crippen molar-refractivity contribution >= 4 is 25.5 Å². The van der Waals surface area contributed by atoms with Crippen LogP contribution in [-0.4, -0.2) is 24.9 Å². The van der Waals surface area contributed by atoms with Crippen molar-refractivity contribution in [2.45, 2.75) is 72.6 Å². The molecule has 1 radical (unpaired) electrons. The number of unbranched alkanes of at least 4 members (excludes halogenated alkanes) is 3. The van der Waals surface area contributed by atoms with Crippen LogP contribution in [0.3, 0.4) is 0 Å². The molecular formula is C20H34FOSn. The minimum atomic E-state index is -0.839. The Bertz CT molecular complexity index is 384. The van der Waals surface area contributed by atoms with E-state index in [1.54, 1.807) is 13.3 Å². The molecule has 0 aromatic heterocycles. The van der Waals surface area contributed by atoms with Crippen molar-refractivity contribution in [1.82, 2.24) is 0 Å². The monoisotopic (exact) mass is 429 g/mol. The maximum atomic E-state index is 12.2. The van der Waals surface area contributed by atoms with Crippen molar-refractivity contribution in [1.29, 1.82) is 0 Å². The van der Waals surface area contributed by atoms with Gasteiger partial charge in [-0.05, 0) is 24.3 Å². The van der Waals surface area contributed by atoms with Crippen LogP contribution in [-0.2, 0) is 0 Å². The summed E-state index contributed by atoms with van der Waals surface area (Å²) in [7, 11) is 0. The molecular weight excluding hydrogens is 394 g/mol. The number of aliphatic hydroxyl groups is 1. The predicted molar refractivity (Wildman–Crippen MR) is 103 cm³/mol. The molecule has 131 valence electrons. The zero-order valence-corrected chi connectivity index (χ0v) is 18.1. The summed E-state index contributed by atoms with van der Waals surface area (Å²) in [4.78, 5) is 0. The van der Waals surface area contributed by atoms with E-state index in [2.05, 4.69) is 27.4 Å². The Labute approximate surface area is 149 Å². The molecule has 23 heavy (non-hydrogen) atoms. The molecule has 0 heterocycles. The summed E-state index contributed by atoms with van der Waals surface area (Å²) in [6, 6.07) is 5.49. The molecule has 0 aliphatic carbocycles. The van der Waals surface area contributed by atoms with E-state index in [4.69, 9.17) is 5.11 Å². The van der Waals surface area contributed by atoms with E-state index >= 15 is 0 Å². The Morgan fingerprint density at radius 3 is 1.61 bits per heavy atom. The Morgan fingerprint density at radius 1 is 0.913 bits per heavy atom. The average molecular weight is 428 g/mol. The van der Waals surface area contributed by atoms with E-state index in [-0.39, 0.29) is 11.6 Å². The number of hydrogen-bond donors (Lipinski definition) is 1. The van der Waals surface area contributed by atoms with Gasteiger partial charge < -0.3 is 5.11 Å². The number of hydrogen-bond acceptors (Lipinski definition) is 1. The SMILES string of the molecule is C=C(O)c1ccc(F)cc1.CCC[CH2][Sn]([CH2]CCC)[CH2]CCC. The first-order valence-corrected chi connectivity index (χ1v) is 15.1. The van der Waals surface area contributed by atoms with Crippen LogP contribution in [0.2, 0.25) is 13.3 Å². The summed E-state index contributed by atoms with van der Waals surface area (Å²) in [5.74, 6) is -0.356. The molecule has 0 unspecified atom stereocenters. The third-order valence-corrected chi connectivity index (χ3v) is 12.9. The number of rotatable bonds is 10. The average Bonchev–Trinajstić information content (AvgIpc) is 2.55. The topological polar surface area (TPSA) is 20.2 Å². The summed E-state index contributed by atoms with van der Waals surface area (Å²) < 4.78 is 17.3. The van der Waals surface area contributed by atoms with Gasteiger partial charge in [-0.1, -0.05) is 6.58 Å². The summed E-state index contributed by atoms with van der Waals surface area (Å²) in [6.45, 7) is 10.3. The molecule has 0 amide bonds. The van der Waals surface area contributed by atoms with Gasteiger partial charge in [0.15, 0.2) is 0 Å². The fourth-order valence-corrected chi connectivity index (χ4v) is 11.7. The zero-order valence-electron chi connectivity index (χ0n) is 15.2. The molecule has 0 fully saturated rings. The second-order valence-corrected chi connectivity index (χ2v) is 14.6. The molecule has 0 saturated carbocycles. The van der Waals surface area contributed by atoms with Crippen molar-refractivity contribution in [3.63, 3.8) is 0 Å². The van der Waals surface area contributed by atoms with Gasteiger partial charge in [0.2, 0.25) is 0 Å². The summed E-state index contributed by atoms with van der Waals surface area (Å²) in [5, 5.41) is 8.80. The van der Waals surface area contributed by atoms with Crippen LogP contribution < -0.4 is 0 Å². The minimum absolute atomic E-state index is 0.0417. The number of aliphatic hydroxyl groups excluding tert-OH is 1. The molecule has 3 heteroatoms. The van der Waals surface area contributed by atoms with Gasteiger partial charge in [-0.25, -0.2) is 4.39 Å². The molecule has 1 aromatic carbocycles. The van der Waals surface area contributed by atoms with E-state index in [9.17, 15) is 4.39 Å². The molecule has 1 rings (SSSR count). The predicted octanol–water partition coefficient (Wildman–Crippen LogP) is 7.24. The summed E-state index contributed by atoms with van der Waals surface area (Å²) in [6.07, 6.45) is 8.85. The standard InChI is InChI=1S/C8H7FO.3C4H9.Sn/c1-6(10)7-2-4-8(9)5-3-7;3*1-3-4-2;/h2-5,10H,1H2;3*1,3-4H2,2H3;. The van der Waals surface area contributed by atoms with E-state index < -0.39 is 19.8 Å². The van der Waals surface area contributed by atoms with Gasteiger partial charge >= 0.3 is 92.4 Å². The fourth-order valence-electron chi connectivity index (χ4n) is 2.30. The van der Waals surface area contributed by atoms with Gasteiger partial charge in [0.25, 0.3) is 0 Å². The normalized spacial score (nSPS) is 10.3. The Kier molecular flexibility index (Phi) is 14.7. The Hall–Kier alpha value is -0.511. The first kappa shape index (κ1) is 22.5. The van der Waals surface area contributed by atoms with E-state index in [0.717, 1.165) is 0 Å². The van der Waals surface area contributed by atoms with Crippen LogP contribution in [0, 0.1) is 5.82 Å². The van der Waals surface area contributed by atoms with Gasteiger partial charge in [-0.15, -0.1) is 0 Å². The molecule has 0 bridgehead atoms. The van der Waals surface area contributed by atoms with E-state index in [1.807, 2.05) is 0 Å². The van der Waals surface area contributed by atoms with Gasteiger partial charge in [0, 0.05) is 5.56 Å². The first-order chi connectivity index (χ1) is 11.0. The summed E-state index contributed by atoms with van der Waals surface area (Å²) in [5.41, 5.74) is 0.543. The Balaban J connectivity index is 0.000000433. The van der Waals surface area contributed by atoms with Crippen molar-refractivity contribution in [2.24, 2.45) is 0 Å². The van der Waals surface area contributed by atoms with Crippen molar-refractivity contribution in [2.75, 3.05) is 0 Å². The van der Waals surface area contributed by atoms with Crippen molar-refractivity contribution < 1.29 is 9.50 Å². The molecule has 1 N–H and O–H groups in total. The van der Waals surface area contributed by atoms with Crippen LogP contribution in [0.15, 0.2) is 30.8 Å². The number of benzene rings is 1. The van der Waals surface area contributed by atoms with Crippen LogP contribution in [0.1, 0.15) is 64.9 Å². The van der Waals surface area contributed by atoms with Gasteiger partial charge in [0.05, 0.1) is 0 Å². The van der Waals surface area contributed by atoms with Crippen LogP contribution in [0.4, 0.5) is 4.39 Å². The molecule has 0 aliphatic rings. The summed E-state index contributed by atoms with van der Waals surface area (Å²) >= 11 is -0.839. The van der Waals surface area contributed by atoms with Crippen LogP contribution in [0.5, 0.6) is 0 Å². The zero-order chi connectivity index (χ0) is 17.5. The van der Waals surface area contributed by atoms with Gasteiger partial charge in [-0.2, -0.15) is 0 Å². The number of halogens is 1. The second-order valence-electron chi connectivity index (χ2n) is 6.01. The quantitative estimate of drug-likeness (QED) is 0.308. The first-order valence-electron chi connectivity index (χ1n) is 9.02. The van der Waals surface area contributed by atoms with E-state index in [1.165, 1.54) is 62.8 Å². The molecule has 1 aromatic rings. The van der Waals surface area contributed by atoms with Crippen molar-refractivity contribution in [3.05, 3.63) is 42.2 Å². The molecule has 0 aliphatic heterocycles. The third-order valence-electron chi connectivity index (χ3n) is 3.83. The fraction of sp³-hybridized carbons (Fsp3) is 0.600. The molecule has 0 atom stereocenters. The van der Waals surface area contributed by atoms with Crippen molar-refractivity contribution in [3.8, 4) is 0 Å². The maximum absolute atomic E-state index is 12.2. The Morgan fingerprint density at radius 2 is 1.30 bits per heavy atom.